The van der Waals surface area contributed by atoms with Gasteiger partial charge >= 0.3 is 0 Å². The summed E-state index contributed by atoms with van der Waals surface area (Å²) in [6, 6.07) is 18.9. The number of rotatable bonds is 6. The number of hydrogen-bond acceptors (Lipinski definition) is 6. The van der Waals surface area contributed by atoms with Crippen molar-refractivity contribution in [3.63, 3.8) is 0 Å². The van der Waals surface area contributed by atoms with Crippen molar-refractivity contribution in [2.75, 3.05) is 12.4 Å². The maximum Gasteiger partial charge on any atom is 0.276 e. The number of para-hydroxylation sites is 2. The van der Waals surface area contributed by atoms with Crippen molar-refractivity contribution in [2.24, 2.45) is 5.10 Å². The van der Waals surface area contributed by atoms with Crippen LogP contribution >= 0.6 is 0 Å². The zero-order valence-electron chi connectivity index (χ0n) is 19.7. The van der Waals surface area contributed by atoms with Gasteiger partial charge in [-0.3, -0.25) is 4.79 Å². The van der Waals surface area contributed by atoms with Gasteiger partial charge in [0.25, 0.3) is 15.9 Å². The van der Waals surface area contributed by atoms with Crippen molar-refractivity contribution in [1.29, 1.82) is 0 Å². The minimum absolute atomic E-state index is 0.0497. The molecule has 0 radical (unpaired) electrons. The predicted octanol–water partition coefficient (Wildman–Crippen LogP) is 4.41. The molecule has 0 aliphatic heterocycles. The maximum atomic E-state index is 13.2. The second kappa shape index (κ2) is 9.63. The number of anilines is 1. The third-order valence-electron chi connectivity index (χ3n) is 5.65. The molecule has 180 valence electrons. The van der Waals surface area contributed by atoms with Gasteiger partial charge in [-0.25, -0.2) is 0 Å². The summed E-state index contributed by atoms with van der Waals surface area (Å²) in [4.78, 5) is 15.5. The molecule has 0 saturated carbocycles. The normalized spacial score (nSPS) is 11.9. The molecular weight excluding hydrogens is 466 g/mol. The van der Waals surface area contributed by atoms with Gasteiger partial charge in [0, 0.05) is 11.1 Å². The van der Waals surface area contributed by atoms with Crippen LogP contribution in [0.5, 0.6) is 5.75 Å². The Hall–Kier alpha value is -4.11. The molecule has 1 heterocycles. The van der Waals surface area contributed by atoms with Crippen LogP contribution in [-0.4, -0.2) is 21.4 Å². The number of methoxy groups -OCH3 is 1. The second-order valence-electron chi connectivity index (χ2n) is 8.07. The fourth-order valence-corrected chi connectivity index (χ4v) is 4.36. The van der Waals surface area contributed by atoms with Crippen LogP contribution in [0.1, 0.15) is 27.0 Å². The van der Waals surface area contributed by atoms with Crippen LogP contribution in [0.2, 0.25) is 0 Å². The molecule has 0 bridgehead atoms. The van der Waals surface area contributed by atoms with E-state index in [0.29, 0.717) is 22.4 Å². The lowest BCUT2D eigenvalue weighted by Crippen LogP contribution is -2.27. The summed E-state index contributed by atoms with van der Waals surface area (Å²) in [7, 11) is -2.53. The third kappa shape index (κ3) is 5.04. The first-order valence-electron chi connectivity index (χ1n) is 10.8. The molecule has 0 atom stereocenters. The average molecular weight is 492 g/mol. The zero-order valence-corrected chi connectivity index (χ0v) is 20.6. The monoisotopic (exact) mass is 491 g/mol. The molecule has 1 amide bonds. The van der Waals surface area contributed by atoms with Gasteiger partial charge in [-0.2, -0.15) is 13.2 Å². The van der Waals surface area contributed by atoms with Crippen LogP contribution in [0.3, 0.4) is 0 Å². The number of benzene rings is 3. The molecule has 1 aromatic heterocycles. The van der Waals surface area contributed by atoms with Gasteiger partial charge in [0.15, 0.2) is 11.3 Å². The molecule has 8 nitrogen and oxygen atoms in total. The highest BCUT2D eigenvalue weighted by molar-refractivity contribution is 7.89. The number of ether oxygens (including phenoxy) is 1. The van der Waals surface area contributed by atoms with Crippen molar-refractivity contribution in [3.05, 3.63) is 94.5 Å². The van der Waals surface area contributed by atoms with Gasteiger partial charge in [0.05, 0.1) is 12.0 Å². The standard InChI is InChI=1S/C26H25N3O5S/c1-16-12-13-20(14-18(16)3)35(31,32)29-28-26-21(25(30)27-22-10-6-5-8-17(22)2)15-19-9-7-11-23(33-4)24(19)34-26/h5-15,29H,1-4H3,(H,27,30)/b28-26+. The SMILES string of the molecule is COc1cccc2cc(C(=O)Nc3ccccc3C)/c(=N\NS(=O)(=O)c3ccc(C)c(C)c3)oc12. The Bertz CT molecular complexity index is 1610. The van der Waals surface area contributed by atoms with Gasteiger partial charge in [0.2, 0.25) is 5.55 Å². The van der Waals surface area contributed by atoms with E-state index in [9.17, 15) is 13.2 Å². The highest BCUT2D eigenvalue weighted by Crippen LogP contribution is 2.25. The van der Waals surface area contributed by atoms with Crippen molar-refractivity contribution in [2.45, 2.75) is 25.7 Å². The van der Waals surface area contributed by atoms with E-state index in [-0.39, 0.29) is 16.0 Å². The van der Waals surface area contributed by atoms with Crippen LogP contribution in [0.15, 0.2) is 81.1 Å². The van der Waals surface area contributed by atoms with E-state index in [1.807, 2.05) is 32.9 Å². The molecule has 0 fully saturated rings. The molecule has 0 aliphatic rings. The summed E-state index contributed by atoms with van der Waals surface area (Å²) in [6.07, 6.45) is 0. The minimum atomic E-state index is -4.01. The predicted molar refractivity (Wildman–Crippen MR) is 134 cm³/mol. The molecule has 9 heteroatoms. The van der Waals surface area contributed by atoms with Crippen molar-refractivity contribution in [1.82, 2.24) is 4.83 Å². The topological polar surface area (TPSA) is 110 Å². The van der Waals surface area contributed by atoms with Crippen LogP contribution in [0.4, 0.5) is 5.69 Å². The lowest BCUT2D eigenvalue weighted by atomic mass is 10.1. The summed E-state index contributed by atoms with van der Waals surface area (Å²) in [5.41, 5.74) is 3.45. The molecule has 0 saturated heterocycles. The zero-order chi connectivity index (χ0) is 25.2. The van der Waals surface area contributed by atoms with Gasteiger partial charge in [0.1, 0.15) is 5.56 Å². The van der Waals surface area contributed by atoms with E-state index in [1.165, 1.54) is 13.2 Å². The van der Waals surface area contributed by atoms with E-state index in [0.717, 1.165) is 16.7 Å². The second-order valence-corrected chi connectivity index (χ2v) is 9.73. The summed E-state index contributed by atoms with van der Waals surface area (Å²) in [6.45, 7) is 5.59. The van der Waals surface area contributed by atoms with Crippen molar-refractivity contribution in [3.8, 4) is 5.75 Å². The Morgan fingerprint density at radius 2 is 1.69 bits per heavy atom. The van der Waals surface area contributed by atoms with Gasteiger partial charge in [-0.05, 0) is 67.8 Å². The smallest absolute Gasteiger partial charge is 0.276 e. The molecule has 3 aromatic carbocycles. The van der Waals surface area contributed by atoms with Crippen molar-refractivity contribution < 1.29 is 22.4 Å². The van der Waals surface area contributed by atoms with Crippen LogP contribution < -0.4 is 20.4 Å². The highest BCUT2D eigenvalue weighted by atomic mass is 32.2. The van der Waals surface area contributed by atoms with Crippen LogP contribution in [-0.2, 0) is 10.0 Å². The molecule has 4 aromatic rings. The number of sulfonamides is 1. The van der Waals surface area contributed by atoms with E-state index in [2.05, 4.69) is 15.2 Å². The number of carbonyl (C=O) groups excluding carboxylic acids is 1. The molecule has 0 unspecified atom stereocenters. The Morgan fingerprint density at radius 3 is 2.40 bits per heavy atom. The number of amides is 1. The van der Waals surface area contributed by atoms with E-state index in [1.54, 1.807) is 48.5 Å². The fourth-order valence-electron chi connectivity index (χ4n) is 3.47. The lowest BCUT2D eigenvalue weighted by Gasteiger charge is -2.10. The van der Waals surface area contributed by atoms with Crippen LogP contribution in [0.25, 0.3) is 11.0 Å². The third-order valence-corrected chi connectivity index (χ3v) is 6.86. The Kier molecular flexibility index (Phi) is 6.61. The quantitative estimate of drug-likeness (QED) is 0.388. The number of aryl methyl sites for hydroxylation is 3. The highest BCUT2D eigenvalue weighted by Gasteiger charge is 2.18. The molecule has 0 aliphatic carbocycles. The first-order valence-corrected chi connectivity index (χ1v) is 12.3. The molecule has 2 N–H and O–H groups in total. The number of hydrogen-bond donors (Lipinski definition) is 2. The Labute approximate surface area is 203 Å². The fraction of sp³-hybridized carbons (Fsp3) is 0.154. The van der Waals surface area contributed by atoms with E-state index in [4.69, 9.17) is 9.15 Å². The summed E-state index contributed by atoms with van der Waals surface area (Å²) in [5, 5.41) is 7.42. The number of nitrogens with one attached hydrogen (secondary N) is 2. The van der Waals surface area contributed by atoms with Crippen molar-refractivity contribution >= 4 is 32.6 Å². The number of nitrogens with zero attached hydrogens (tertiary/aromatic N) is 1. The van der Waals surface area contributed by atoms with E-state index >= 15 is 0 Å². The van der Waals surface area contributed by atoms with Gasteiger partial charge < -0.3 is 14.5 Å². The largest absolute Gasteiger partial charge is 0.493 e. The lowest BCUT2D eigenvalue weighted by molar-refractivity contribution is 0.102. The average Bonchev–Trinajstić information content (AvgIpc) is 2.84. The summed E-state index contributed by atoms with van der Waals surface area (Å²) >= 11 is 0. The van der Waals surface area contributed by atoms with Gasteiger partial charge in [-0.1, -0.05) is 36.4 Å². The number of fused-ring (bicyclic) bond motifs is 1. The Balaban J connectivity index is 1.82. The summed E-state index contributed by atoms with van der Waals surface area (Å²) < 4.78 is 37.1. The molecule has 0 spiro atoms. The first kappa shape index (κ1) is 24.0. The molecular formula is C26H25N3O5S. The molecule has 35 heavy (non-hydrogen) atoms. The summed E-state index contributed by atoms with van der Waals surface area (Å²) in [5.74, 6) is -0.0845. The maximum absolute atomic E-state index is 13.2. The van der Waals surface area contributed by atoms with Gasteiger partial charge in [-0.15, -0.1) is 5.10 Å². The van der Waals surface area contributed by atoms with E-state index < -0.39 is 15.9 Å². The molecule has 4 rings (SSSR count). The number of carbonyl (C=O) groups is 1. The first-order chi connectivity index (χ1) is 16.7. The minimum Gasteiger partial charge on any atom is -0.493 e. The van der Waals surface area contributed by atoms with Crippen LogP contribution in [0, 0.1) is 20.8 Å². The Morgan fingerprint density at radius 1 is 0.914 bits per heavy atom.